The highest BCUT2D eigenvalue weighted by molar-refractivity contribution is 6.31. The number of benzene rings is 1. The number of hydrogen-bond acceptors (Lipinski definition) is 2. The highest BCUT2D eigenvalue weighted by Crippen LogP contribution is 2.28. The number of hydrogen-bond donors (Lipinski definition) is 1. The van der Waals surface area contributed by atoms with Crippen molar-refractivity contribution in [1.29, 1.82) is 0 Å². The van der Waals surface area contributed by atoms with Crippen LogP contribution in [0, 0.1) is 5.82 Å². The lowest BCUT2D eigenvalue weighted by molar-refractivity contribution is -0.118. The van der Waals surface area contributed by atoms with Gasteiger partial charge in [0.1, 0.15) is 5.82 Å². The summed E-state index contributed by atoms with van der Waals surface area (Å²) in [6, 6.07) is 4.59. The predicted molar refractivity (Wildman–Crippen MR) is 68.3 cm³/mol. The van der Waals surface area contributed by atoms with E-state index in [0.717, 1.165) is 19.3 Å². The Kier molecular flexibility index (Phi) is 2.99. The van der Waals surface area contributed by atoms with Crippen LogP contribution in [-0.2, 0) is 4.79 Å². The van der Waals surface area contributed by atoms with Gasteiger partial charge in [-0.1, -0.05) is 11.6 Å². The molecule has 1 saturated heterocycles. The molecular weight excluding hydrogens is 255 g/mol. The molecule has 1 unspecified atom stereocenters. The number of nitrogens with zero attached hydrogens (tertiary/aromatic N) is 1. The van der Waals surface area contributed by atoms with E-state index in [1.165, 1.54) is 12.1 Å². The van der Waals surface area contributed by atoms with Crippen LogP contribution < -0.4 is 10.2 Å². The van der Waals surface area contributed by atoms with E-state index in [1.54, 1.807) is 11.0 Å². The van der Waals surface area contributed by atoms with Crippen molar-refractivity contribution in [3.63, 3.8) is 0 Å². The highest BCUT2D eigenvalue weighted by atomic mass is 35.5. The lowest BCUT2D eigenvalue weighted by Crippen LogP contribution is -2.39. The molecule has 18 heavy (non-hydrogen) atoms. The summed E-state index contributed by atoms with van der Waals surface area (Å²) in [5.41, 5.74) is 0.546. The Hall–Kier alpha value is -1.13. The summed E-state index contributed by atoms with van der Waals surface area (Å²) >= 11 is 5.81. The second-order valence-corrected chi connectivity index (χ2v) is 5.34. The van der Waals surface area contributed by atoms with Gasteiger partial charge in [0, 0.05) is 23.3 Å². The van der Waals surface area contributed by atoms with Crippen molar-refractivity contribution in [2.24, 2.45) is 0 Å². The van der Waals surface area contributed by atoms with Gasteiger partial charge in [0.25, 0.3) is 0 Å². The molecule has 5 heteroatoms. The summed E-state index contributed by atoms with van der Waals surface area (Å²) in [6.45, 7) is 0.614. The number of carbonyl (C=O) groups is 1. The van der Waals surface area contributed by atoms with Crippen molar-refractivity contribution < 1.29 is 9.18 Å². The van der Waals surface area contributed by atoms with Crippen LogP contribution in [0.4, 0.5) is 10.1 Å². The number of anilines is 1. The standard InChI is InChI=1S/C13H14ClFN2O/c14-8-5-9(15)7-11(6-8)17-4-3-12(13(17)18)16-10-1-2-10/h5-7,10,12,16H,1-4H2. The van der Waals surface area contributed by atoms with Crippen LogP contribution in [0.15, 0.2) is 18.2 Å². The summed E-state index contributed by atoms with van der Waals surface area (Å²) < 4.78 is 13.3. The molecule has 1 heterocycles. The number of nitrogens with one attached hydrogen (secondary N) is 1. The first kappa shape index (κ1) is 11.9. The minimum Gasteiger partial charge on any atom is -0.311 e. The zero-order chi connectivity index (χ0) is 12.7. The van der Waals surface area contributed by atoms with Crippen LogP contribution >= 0.6 is 11.6 Å². The van der Waals surface area contributed by atoms with Gasteiger partial charge in [-0.15, -0.1) is 0 Å². The largest absolute Gasteiger partial charge is 0.311 e. The van der Waals surface area contributed by atoms with E-state index in [1.807, 2.05) is 0 Å². The lowest BCUT2D eigenvalue weighted by Gasteiger charge is -2.17. The van der Waals surface area contributed by atoms with Crippen LogP contribution in [0.25, 0.3) is 0 Å². The first-order valence-electron chi connectivity index (χ1n) is 6.17. The lowest BCUT2D eigenvalue weighted by atomic mass is 10.2. The van der Waals surface area contributed by atoms with Crippen molar-refractivity contribution in [2.75, 3.05) is 11.4 Å². The third-order valence-electron chi connectivity index (χ3n) is 3.38. The predicted octanol–water partition coefficient (Wildman–Crippen LogP) is 2.34. The molecule has 2 aliphatic rings. The zero-order valence-electron chi connectivity index (χ0n) is 9.83. The maximum absolute atomic E-state index is 13.3. The van der Waals surface area contributed by atoms with E-state index in [0.29, 0.717) is 23.3 Å². The van der Waals surface area contributed by atoms with Crippen LogP contribution in [0.1, 0.15) is 19.3 Å². The molecule has 1 aliphatic heterocycles. The Balaban J connectivity index is 1.77. The molecule has 1 amide bonds. The van der Waals surface area contributed by atoms with Gasteiger partial charge in [0.15, 0.2) is 0 Å². The average Bonchev–Trinajstić information content (AvgIpc) is 3.03. The summed E-state index contributed by atoms with van der Waals surface area (Å²) in [4.78, 5) is 13.8. The van der Waals surface area contributed by atoms with Gasteiger partial charge in [-0.3, -0.25) is 4.79 Å². The van der Waals surface area contributed by atoms with Gasteiger partial charge in [-0.25, -0.2) is 4.39 Å². The Labute approximate surface area is 110 Å². The molecule has 3 rings (SSSR count). The molecule has 0 radical (unpaired) electrons. The summed E-state index contributed by atoms with van der Waals surface area (Å²) in [5, 5.41) is 3.63. The van der Waals surface area contributed by atoms with Crippen molar-refractivity contribution in [2.45, 2.75) is 31.3 Å². The minimum atomic E-state index is -0.413. The SMILES string of the molecule is O=C1C(NC2CC2)CCN1c1cc(F)cc(Cl)c1. The minimum absolute atomic E-state index is 0.0172. The fourth-order valence-electron chi connectivity index (χ4n) is 2.32. The third kappa shape index (κ3) is 2.35. The number of rotatable bonds is 3. The van der Waals surface area contributed by atoms with Crippen molar-refractivity contribution in [3.8, 4) is 0 Å². The molecule has 1 N–H and O–H groups in total. The summed E-state index contributed by atoms with van der Waals surface area (Å²) in [5.74, 6) is -0.396. The van der Waals surface area contributed by atoms with Gasteiger partial charge in [0.2, 0.25) is 5.91 Å². The molecular formula is C13H14ClFN2O. The Morgan fingerprint density at radius 2 is 2.06 bits per heavy atom. The Morgan fingerprint density at radius 3 is 2.72 bits per heavy atom. The molecule has 1 aliphatic carbocycles. The van der Waals surface area contributed by atoms with Crippen LogP contribution in [0.5, 0.6) is 0 Å². The van der Waals surface area contributed by atoms with E-state index in [-0.39, 0.29) is 11.9 Å². The molecule has 0 spiro atoms. The van der Waals surface area contributed by atoms with E-state index in [9.17, 15) is 9.18 Å². The van der Waals surface area contributed by atoms with E-state index >= 15 is 0 Å². The topological polar surface area (TPSA) is 32.3 Å². The van der Waals surface area contributed by atoms with Gasteiger partial charge >= 0.3 is 0 Å². The van der Waals surface area contributed by atoms with E-state index in [4.69, 9.17) is 11.6 Å². The first-order valence-corrected chi connectivity index (χ1v) is 6.55. The average molecular weight is 269 g/mol. The zero-order valence-corrected chi connectivity index (χ0v) is 10.6. The van der Waals surface area contributed by atoms with Crippen LogP contribution in [-0.4, -0.2) is 24.5 Å². The fraction of sp³-hybridized carbons (Fsp3) is 0.462. The number of amides is 1. The molecule has 1 saturated carbocycles. The normalized spacial score (nSPS) is 23.8. The van der Waals surface area contributed by atoms with Crippen molar-refractivity contribution in [3.05, 3.63) is 29.0 Å². The molecule has 2 fully saturated rings. The summed E-state index contributed by atoms with van der Waals surface area (Å²) in [7, 11) is 0. The molecule has 1 atom stereocenters. The third-order valence-corrected chi connectivity index (χ3v) is 3.60. The first-order chi connectivity index (χ1) is 8.63. The second kappa shape index (κ2) is 4.52. The summed E-state index contributed by atoms with van der Waals surface area (Å²) in [6.07, 6.45) is 3.06. The molecule has 1 aromatic rings. The van der Waals surface area contributed by atoms with E-state index in [2.05, 4.69) is 5.32 Å². The second-order valence-electron chi connectivity index (χ2n) is 4.90. The van der Waals surface area contributed by atoms with Gasteiger partial charge < -0.3 is 10.2 Å². The monoisotopic (exact) mass is 268 g/mol. The molecule has 0 aromatic heterocycles. The van der Waals surface area contributed by atoms with E-state index < -0.39 is 5.82 Å². The maximum Gasteiger partial charge on any atom is 0.244 e. The van der Waals surface area contributed by atoms with Gasteiger partial charge in [-0.2, -0.15) is 0 Å². The quantitative estimate of drug-likeness (QED) is 0.913. The Bertz CT molecular complexity index is 470. The highest BCUT2D eigenvalue weighted by Gasteiger charge is 2.36. The van der Waals surface area contributed by atoms with Gasteiger partial charge in [-0.05, 0) is 37.5 Å². The molecule has 3 nitrogen and oxygen atoms in total. The molecule has 1 aromatic carbocycles. The smallest absolute Gasteiger partial charge is 0.244 e. The number of carbonyl (C=O) groups excluding carboxylic acids is 1. The Morgan fingerprint density at radius 1 is 1.28 bits per heavy atom. The van der Waals surface area contributed by atoms with Gasteiger partial charge in [0.05, 0.1) is 6.04 Å². The van der Waals surface area contributed by atoms with Crippen molar-refractivity contribution in [1.82, 2.24) is 5.32 Å². The maximum atomic E-state index is 13.3. The molecule has 0 bridgehead atoms. The van der Waals surface area contributed by atoms with Crippen molar-refractivity contribution >= 4 is 23.2 Å². The fourth-order valence-corrected chi connectivity index (χ4v) is 2.54. The van der Waals surface area contributed by atoms with Crippen LogP contribution in [0.3, 0.4) is 0 Å². The van der Waals surface area contributed by atoms with Crippen LogP contribution in [0.2, 0.25) is 5.02 Å². The molecule has 96 valence electrons. The number of halogens is 2.